The van der Waals surface area contributed by atoms with E-state index in [1.165, 1.54) is 6.33 Å². The molecule has 0 unspecified atom stereocenters. The largest absolute Gasteiger partial charge is 0.494 e. The SMILES string of the molecule is COc1cc(Br)cc2cncnc12. The fourth-order valence-electron chi connectivity index (χ4n) is 1.19. The van der Waals surface area contributed by atoms with Crippen LogP contribution in [0, 0.1) is 0 Å². The minimum Gasteiger partial charge on any atom is -0.494 e. The van der Waals surface area contributed by atoms with Gasteiger partial charge in [0.25, 0.3) is 0 Å². The van der Waals surface area contributed by atoms with E-state index in [1.54, 1.807) is 13.3 Å². The molecule has 0 amide bonds. The molecular formula is C9H7BrN2O. The van der Waals surface area contributed by atoms with E-state index in [0.29, 0.717) is 0 Å². The third kappa shape index (κ3) is 1.49. The molecule has 0 fully saturated rings. The van der Waals surface area contributed by atoms with E-state index in [0.717, 1.165) is 21.1 Å². The molecule has 2 rings (SSSR count). The van der Waals surface area contributed by atoms with Gasteiger partial charge in [-0.05, 0) is 12.1 Å². The topological polar surface area (TPSA) is 35.0 Å². The van der Waals surface area contributed by atoms with Gasteiger partial charge < -0.3 is 4.74 Å². The molecular weight excluding hydrogens is 232 g/mol. The second-order valence-corrected chi connectivity index (χ2v) is 3.48. The Morgan fingerprint density at radius 3 is 3.00 bits per heavy atom. The van der Waals surface area contributed by atoms with Crippen LogP contribution < -0.4 is 4.74 Å². The third-order valence-corrected chi connectivity index (χ3v) is 2.21. The van der Waals surface area contributed by atoms with Crippen molar-refractivity contribution >= 4 is 26.8 Å². The van der Waals surface area contributed by atoms with Crippen LogP contribution in [0.3, 0.4) is 0 Å². The number of hydrogen-bond donors (Lipinski definition) is 0. The van der Waals surface area contributed by atoms with Crippen molar-refractivity contribution in [2.45, 2.75) is 0 Å². The Kier molecular flexibility index (Phi) is 2.14. The van der Waals surface area contributed by atoms with Gasteiger partial charge in [-0.1, -0.05) is 15.9 Å². The fraction of sp³-hybridized carbons (Fsp3) is 0.111. The Hall–Kier alpha value is -1.16. The zero-order valence-electron chi connectivity index (χ0n) is 6.99. The first-order valence-corrected chi connectivity index (χ1v) is 4.54. The van der Waals surface area contributed by atoms with Gasteiger partial charge in [-0.3, -0.25) is 0 Å². The molecule has 0 N–H and O–H groups in total. The van der Waals surface area contributed by atoms with E-state index in [1.807, 2.05) is 12.1 Å². The number of hydrogen-bond acceptors (Lipinski definition) is 3. The molecule has 0 aliphatic heterocycles. The van der Waals surface area contributed by atoms with Gasteiger partial charge in [0.05, 0.1) is 7.11 Å². The summed E-state index contributed by atoms with van der Waals surface area (Å²) >= 11 is 3.39. The van der Waals surface area contributed by atoms with Crippen molar-refractivity contribution < 1.29 is 4.74 Å². The summed E-state index contributed by atoms with van der Waals surface area (Å²) in [6, 6.07) is 3.84. The number of rotatable bonds is 1. The highest BCUT2D eigenvalue weighted by Gasteiger charge is 2.03. The van der Waals surface area contributed by atoms with Crippen LogP contribution in [0.5, 0.6) is 5.75 Å². The van der Waals surface area contributed by atoms with Gasteiger partial charge in [-0.25, -0.2) is 9.97 Å². The van der Waals surface area contributed by atoms with Crippen LogP contribution in [0.25, 0.3) is 10.9 Å². The standard InChI is InChI=1S/C9H7BrN2O/c1-13-8-3-7(10)2-6-4-11-5-12-9(6)8/h2-5H,1H3. The van der Waals surface area contributed by atoms with Crippen molar-refractivity contribution in [1.29, 1.82) is 0 Å². The molecule has 0 aliphatic rings. The molecule has 2 aromatic rings. The van der Waals surface area contributed by atoms with Crippen LogP contribution in [-0.4, -0.2) is 17.1 Å². The molecule has 4 heteroatoms. The molecule has 13 heavy (non-hydrogen) atoms. The van der Waals surface area contributed by atoms with E-state index in [-0.39, 0.29) is 0 Å². The van der Waals surface area contributed by atoms with E-state index in [4.69, 9.17) is 4.74 Å². The number of ether oxygens (including phenoxy) is 1. The summed E-state index contributed by atoms with van der Waals surface area (Å²) in [4.78, 5) is 8.08. The summed E-state index contributed by atoms with van der Waals surface area (Å²) in [5.41, 5.74) is 0.834. The molecule has 1 heterocycles. The molecule has 0 saturated heterocycles. The van der Waals surface area contributed by atoms with Crippen LogP contribution in [0.15, 0.2) is 29.1 Å². The summed E-state index contributed by atoms with van der Waals surface area (Å²) in [6.45, 7) is 0. The minimum atomic E-state index is 0.756. The number of benzene rings is 1. The van der Waals surface area contributed by atoms with Gasteiger partial charge in [-0.15, -0.1) is 0 Å². The predicted octanol–water partition coefficient (Wildman–Crippen LogP) is 2.40. The van der Waals surface area contributed by atoms with Crippen molar-refractivity contribution in [2.24, 2.45) is 0 Å². The van der Waals surface area contributed by atoms with Crippen molar-refractivity contribution in [3.63, 3.8) is 0 Å². The number of methoxy groups -OCH3 is 1. The summed E-state index contributed by atoms with van der Waals surface area (Å²) in [5.74, 6) is 0.756. The van der Waals surface area contributed by atoms with Crippen molar-refractivity contribution in [3.05, 3.63) is 29.1 Å². The number of aromatic nitrogens is 2. The van der Waals surface area contributed by atoms with Crippen molar-refractivity contribution in [2.75, 3.05) is 7.11 Å². The predicted molar refractivity (Wildman–Crippen MR) is 53.8 cm³/mol. The van der Waals surface area contributed by atoms with Crippen LogP contribution in [0.1, 0.15) is 0 Å². The highest BCUT2D eigenvalue weighted by molar-refractivity contribution is 9.10. The highest BCUT2D eigenvalue weighted by Crippen LogP contribution is 2.27. The average molecular weight is 239 g/mol. The Balaban J connectivity index is 2.81. The minimum absolute atomic E-state index is 0.756. The van der Waals surface area contributed by atoms with E-state index >= 15 is 0 Å². The molecule has 1 aromatic carbocycles. The lowest BCUT2D eigenvalue weighted by atomic mass is 10.2. The van der Waals surface area contributed by atoms with Crippen LogP contribution >= 0.6 is 15.9 Å². The highest BCUT2D eigenvalue weighted by atomic mass is 79.9. The smallest absolute Gasteiger partial charge is 0.146 e. The first-order valence-electron chi connectivity index (χ1n) is 3.74. The maximum atomic E-state index is 5.19. The number of fused-ring (bicyclic) bond motifs is 1. The van der Waals surface area contributed by atoms with Gasteiger partial charge in [0.2, 0.25) is 0 Å². The maximum Gasteiger partial charge on any atom is 0.146 e. The lowest BCUT2D eigenvalue weighted by molar-refractivity contribution is 0.418. The first-order chi connectivity index (χ1) is 6.31. The molecule has 3 nitrogen and oxygen atoms in total. The fourth-order valence-corrected chi connectivity index (χ4v) is 1.65. The zero-order chi connectivity index (χ0) is 9.26. The van der Waals surface area contributed by atoms with Crippen LogP contribution in [0.4, 0.5) is 0 Å². The van der Waals surface area contributed by atoms with Gasteiger partial charge in [0, 0.05) is 16.1 Å². The summed E-state index contributed by atoms with van der Waals surface area (Å²) in [5, 5.41) is 0.966. The molecule has 0 saturated carbocycles. The lowest BCUT2D eigenvalue weighted by Gasteiger charge is -2.03. The maximum absolute atomic E-state index is 5.19. The first kappa shape index (κ1) is 8.44. The van der Waals surface area contributed by atoms with Crippen LogP contribution in [-0.2, 0) is 0 Å². The molecule has 0 bridgehead atoms. The Labute approximate surface area is 83.9 Å². The van der Waals surface area contributed by atoms with Gasteiger partial charge in [-0.2, -0.15) is 0 Å². The molecule has 0 radical (unpaired) electrons. The molecule has 66 valence electrons. The molecule has 0 aliphatic carbocycles. The Morgan fingerprint density at radius 2 is 2.23 bits per heavy atom. The quantitative estimate of drug-likeness (QED) is 0.766. The summed E-state index contributed by atoms with van der Waals surface area (Å²) < 4.78 is 6.15. The Bertz CT molecular complexity index is 445. The molecule has 0 spiro atoms. The summed E-state index contributed by atoms with van der Waals surface area (Å²) in [6.07, 6.45) is 3.27. The second-order valence-electron chi connectivity index (χ2n) is 2.57. The Morgan fingerprint density at radius 1 is 1.38 bits per heavy atom. The van der Waals surface area contributed by atoms with E-state index < -0.39 is 0 Å². The second kappa shape index (κ2) is 3.30. The monoisotopic (exact) mass is 238 g/mol. The molecule has 1 aromatic heterocycles. The van der Waals surface area contributed by atoms with Gasteiger partial charge in [0.1, 0.15) is 17.6 Å². The molecule has 0 atom stereocenters. The average Bonchev–Trinajstić information content (AvgIpc) is 2.16. The van der Waals surface area contributed by atoms with Gasteiger partial charge in [0.15, 0.2) is 0 Å². The third-order valence-electron chi connectivity index (χ3n) is 1.76. The van der Waals surface area contributed by atoms with E-state index in [9.17, 15) is 0 Å². The number of nitrogens with zero attached hydrogens (tertiary/aromatic N) is 2. The van der Waals surface area contributed by atoms with E-state index in [2.05, 4.69) is 25.9 Å². The lowest BCUT2D eigenvalue weighted by Crippen LogP contribution is -1.88. The van der Waals surface area contributed by atoms with Crippen LogP contribution in [0.2, 0.25) is 0 Å². The zero-order valence-corrected chi connectivity index (χ0v) is 8.58. The van der Waals surface area contributed by atoms with Crippen molar-refractivity contribution in [3.8, 4) is 5.75 Å². The van der Waals surface area contributed by atoms with Gasteiger partial charge >= 0.3 is 0 Å². The normalized spacial score (nSPS) is 10.3. The number of halogens is 1. The summed E-state index contributed by atoms with van der Waals surface area (Å²) in [7, 11) is 1.63. The van der Waals surface area contributed by atoms with Crippen molar-refractivity contribution in [1.82, 2.24) is 9.97 Å².